The van der Waals surface area contributed by atoms with E-state index >= 15 is 0 Å². The molecule has 152 valence electrons. The summed E-state index contributed by atoms with van der Waals surface area (Å²) in [5.74, 6) is -0.702. The molecule has 5 rings (SSSR count). The van der Waals surface area contributed by atoms with Crippen LogP contribution in [0.5, 0.6) is 0 Å². The number of nitrogens with one attached hydrogen (secondary N) is 1. The Morgan fingerprint density at radius 1 is 1.17 bits per heavy atom. The second-order valence-corrected chi connectivity index (χ2v) is 7.69. The molecule has 2 aliphatic rings. The summed E-state index contributed by atoms with van der Waals surface area (Å²) < 4.78 is 11.4. The van der Waals surface area contributed by atoms with Crippen molar-refractivity contribution in [2.45, 2.75) is 31.3 Å². The van der Waals surface area contributed by atoms with Crippen molar-refractivity contribution in [3.8, 4) is 11.3 Å². The Labute approximate surface area is 172 Å². The van der Waals surface area contributed by atoms with Crippen LogP contribution in [0.4, 0.5) is 5.88 Å². The lowest BCUT2D eigenvalue weighted by Gasteiger charge is -2.35. The van der Waals surface area contributed by atoms with Gasteiger partial charge in [-0.3, -0.25) is 10.1 Å². The standard InChI is InChI=1S/C22H19N3O5/c26-20(23-18-13-17(24-30-18)14-5-2-1-3-6-14)15-8-10-22(11-9-15)16-7-4-12-25(28)19(16)21(27)29-22/h1-7,12-13,15H,8-11H2,(H,23,26). The summed E-state index contributed by atoms with van der Waals surface area (Å²) in [4.78, 5) is 24.9. The third kappa shape index (κ3) is 3.01. The average Bonchev–Trinajstić information content (AvgIpc) is 3.33. The summed E-state index contributed by atoms with van der Waals surface area (Å²) in [5, 5.41) is 18.8. The summed E-state index contributed by atoms with van der Waals surface area (Å²) in [6, 6.07) is 14.6. The van der Waals surface area contributed by atoms with E-state index in [1.807, 2.05) is 30.3 Å². The van der Waals surface area contributed by atoms with E-state index in [9.17, 15) is 14.8 Å². The maximum Gasteiger partial charge on any atom is 0.406 e. The first-order valence-corrected chi connectivity index (χ1v) is 9.85. The monoisotopic (exact) mass is 405 g/mol. The van der Waals surface area contributed by atoms with Crippen LogP contribution >= 0.6 is 0 Å². The van der Waals surface area contributed by atoms with Crippen molar-refractivity contribution in [3.63, 3.8) is 0 Å². The number of hydrogen-bond donors (Lipinski definition) is 1. The van der Waals surface area contributed by atoms with E-state index in [0.717, 1.165) is 5.56 Å². The Morgan fingerprint density at radius 2 is 1.93 bits per heavy atom. The van der Waals surface area contributed by atoms with Crippen LogP contribution in [-0.4, -0.2) is 17.0 Å². The van der Waals surface area contributed by atoms with Crippen LogP contribution in [0, 0.1) is 11.1 Å². The van der Waals surface area contributed by atoms with Gasteiger partial charge in [0.15, 0.2) is 6.20 Å². The molecule has 1 aromatic carbocycles. The van der Waals surface area contributed by atoms with Crippen molar-refractivity contribution < 1.29 is 23.6 Å². The van der Waals surface area contributed by atoms with Gasteiger partial charge in [-0.25, -0.2) is 4.79 Å². The smallest absolute Gasteiger partial charge is 0.406 e. The average molecular weight is 405 g/mol. The highest BCUT2D eigenvalue weighted by molar-refractivity contribution is 5.93. The molecule has 0 unspecified atom stereocenters. The van der Waals surface area contributed by atoms with Crippen molar-refractivity contribution in [1.29, 1.82) is 0 Å². The Kier molecular flexibility index (Phi) is 4.27. The number of nitrogens with zero attached hydrogens (tertiary/aromatic N) is 2. The van der Waals surface area contributed by atoms with Gasteiger partial charge in [0.1, 0.15) is 11.3 Å². The molecular formula is C22H19N3O5. The quantitative estimate of drug-likeness (QED) is 0.407. The molecule has 0 bridgehead atoms. The molecule has 0 radical (unpaired) electrons. The first-order chi connectivity index (χ1) is 14.6. The first kappa shape index (κ1) is 18.4. The maximum atomic E-state index is 12.7. The van der Waals surface area contributed by atoms with E-state index in [2.05, 4.69) is 10.5 Å². The molecule has 8 heteroatoms. The second kappa shape index (κ2) is 6.98. The number of fused-ring (bicyclic) bond motifs is 2. The predicted molar refractivity (Wildman–Crippen MR) is 105 cm³/mol. The lowest BCUT2D eigenvalue weighted by Crippen LogP contribution is -2.36. The zero-order valence-corrected chi connectivity index (χ0v) is 16.0. The predicted octanol–water partition coefficient (Wildman–Crippen LogP) is 3.17. The lowest BCUT2D eigenvalue weighted by atomic mass is 9.75. The molecule has 1 aliphatic heterocycles. The number of carbonyl (C=O) groups excluding carboxylic acids is 2. The Hall–Kier alpha value is -3.68. The van der Waals surface area contributed by atoms with E-state index in [0.29, 0.717) is 47.6 Å². The third-order valence-electron chi connectivity index (χ3n) is 5.92. The van der Waals surface area contributed by atoms with Gasteiger partial charge >= 0.3 is 11.7 Å². The van der Waals surface area contributed by atoms with Gasteiger partial charge in [0.25, 0.3) is 0 Å². The van der Waals surface area contributed by atoms with Gasteiger partial charge in [-0.15, -0.1) is 0 Å². The topological polar surface area (TPSA) is 108 Å². The molecule has 1 N–H and O–H groups in total. The van der Waals surface area contributed by atoms with Crippen molar-refractivity contribution in [3.05, 3.63) is 71.2 Å². The van der Waals surface area contributed by atoms with Crippen LogP contribution in [-0.2, 0) is 15.1 Å². The van der Waals surface area contributed by atoms with Gasteiger partial charge in [0, 0.05) is 23.6 Å². The van der Waals surface area contributed by atoms with Crippen LogP contribution in [0.3, 0.4) is 0 Å². The SMILES string of the molecule is O=C1OC2(CCC(C(=O)Nc3cc(-c4ccccc4)no3)CC2)c2ccc[n+]([O-])c21. The number of esters is 1. The molecule has 30 heavy (non-hydrogen) atoms. The minimum absolute atomic E-state index is 0.0514. The summed E-state index contributed by atoms with van der Waals surface area (Å²) in [6.07, 6.45) is 3.33. The van der Waals surface area contributed by atoms with Crippen LogP contribution in [0.1, 0.15) is 41.7 Å². The Morgan fingerprint density at radius 3 is 2.70 bits per heavy atom. The molecule has 0 atom stereocenters. The molecule has 3 aromatic rings. The molecule has 3 heterocycles. The van der Waals surface area contributed by atoms with Gasteiger partial charge in [-0.05, 0) is 31.7 Å². The second-order valence-electron chi connectivity index (χ2n) is 7.69. The number of benzene rings is 1. The summed E-state index contributed by atoms with van der Waals surface area (Å²) in [7, 11) is 0. The van der Waals surface area contributed by atoms with Crippen LogP contribution in [0.2, 0.25) is 0 Å². The Balaban J connectivity index is 1.26. The molecule has 1 amide bonds. The fourth-order valence-electron chi connectivity index (χ4n) is 4.36. The van der Waals surface area contributed by atoms with Crippen molar-refractivity contribution >= 4 is 17.8 Å². The van der Waals surface area contributed by atoms with Gasteiger partial charge < -0.3 is 14.5 Å². The molecule has 1 fully saturated rings. The normalized spacial score (nSPS) is 22.5. The van der Waals surface area contributed by atoms with E-state index in [4.69, 9.17) is 9.26 Å². The number of pyridine rings is 1. The highest BCUT2D eigenvalue weighted by Crippen LogP contribution is 2.47. The number of amides is 1. The molecule has 8 nitrogen and oxygen atoms in total. The highest BCUT2D eigenvalue weighted by atomic mass is 16.6. The summed E-state index contributed by atoms with van der Waals surface area (Å²) in [6.45, 7) is 0. The van der Waals surface area contributed by atoms with Crippen molar-refractivity contribution in [1.82, 2.24) is 5.16 Å². The largest absolute Gasteiger partial charge is 0.618 e. The number of aromatic nitrogens is 2. The van der Waals surface area contributed by atoms with Crippen LogP contribution in [0.25, 0.3) is 11.3 Å². The van der Waals surface area contributed by atoms with E-state index in [-0.39, 0.29) is 17.5 Å². The molecule has 1 aliphatic carbocycles. The molecular weight excluding hydrogens is 386 g/mol. The van der Waals surface area contributed by atoms with Crippen LogP contribution in [0.15, 0.2) is 59.3 Å². The van der Waals surface area contributed by atoms with E-state index in [1.54, 1.807) is 18.2 Å². The first-order valence-electron chi connectivity index (χ1n) is 9.85. The highest BCUT2D eigenvalue weighted by Gasteiger charge is 2.52. The molecule has 1 spiro atoms. The number of anilines is 1. The van der Waals surface area contributed by atoms with Crippen molar-refractivity contribution in [2.75, 3.05) is 5.32 Å². The van der Waals surface area contributed by atoms with E-state index in [1.165, 1.54) is 6.20 Å². The fraction of sp³-hybridized carbons (Fsp3) is 0.273. The summed E-state index contributed by atoms with van der Waals surface area (Å²) >= 11 is 0. The zero-order valence-electron chi connectivity index (χ0n) is 16.0. The van der Waals surface area contributed by atoms with E-state index < -0.39 is 11.6 Å². The minimum Gasteiger partial charge on any atom is -0.618 e. The molecule has 0 saturated heterocycles. The summed E-state index contributed by atoms with van der Waals surface area (Å²) in [5.41, 5.74) is 1.40. The maximum absolute atomic E-state index is 12.7. The van der Waals surface area contributed by atoms with Gasteiger partial charge in [0.2, 0.25) is 11.8 Å². The van der Waals surface area contributed by atoms with Crippen molar-refractivity contribution in [2.24, 2.45) is 5.92 Å². The fourth-order valence-corrected chi connectivity index (χ4v) is 4.36. The zero-order chi connectivity index (χ0) is 20.7. The third-order valence-corrected chi connectivity index (χ3v) is 5.92. The van der Waals surface area contributed by atoms with Crippen LogP contribution < -0.4 is 10.0 Å². The number of rotatable bonds is 3. The lowest BCUT2D eigenvalue weighted by molar-refractivity contribution is -0.608. The molecule has 2 aromatic heterocycles. The van der Waals surface area contributed by atoms with Gasteiger partial charge in [0.05, 0.1) is 5.56 Å². The minimum atomic E-state index is -0.816. The van der Waals surface area contributed by atoms with Gasteiger partial charge in [-0.1, -0.05) is 35.5 Å². The molecule has 1 saturated carbocycles. The van der Waals surface area contributed by atoms with Gasteiger partial charge in [-0.2, -0.15) is 4.73 Å². The Bertz CT molecular complexity index is 1120. The number of hydrogen-bond acceptors (Lipinski definition) is 6. The number of carbonyl (C=O) groups is 2. The number of ether oxygens (including phenoxy) is 1.